The molecule has 25 heavy (non-hydrogen) atoms. The van der Waals surface area contributed by atoms with Crippen LogP contribution in [0, 0.1) is 0 Å². The minimum Gasteiger partial charge on any atom is -0.337 e. The van der Waals surface area contributed by atoms with Gasteiger partial charge in [0, 0.05) is 28.8 Å². The molecule has 0 aliphatic carbocycles. The van der Waals surface area contributed by atoms with Crippen molar-refractivity contribution in [1.82, 2.24) is 9.88 Å². The molecule has 0 unspecified atom stereocenters. The molecular formula is C19H20Cl2N2OS. The topological polar surface area (TPSA) is 33.2 Å². The minimum absolute atomic E-state index is 0.0401. The van der Waals surface area contributed by atoms with Crippen LogP contribution in [0.3, 0.4) is 0 Å². The SMILES string of the molecule is O=C(c1cccc(CSc2ccc(Cl)cc2Cl)n1)N1CCCCCC1. The monoisotopic (exact) mass is 394 g/mol. The molecule has 0 saturated carbocycles. The van der Waals surface area contributed by atoms with E-state index in [9.17, 15) is 4.79 Å². The van der Waals surface area contributed by atoms with Gasteiger partial charge in [-0.2, -0.15) is 0 Å². The largest absolute Gasteiger partial charge is 0.337 e. The molecule has 1 aliphatic heterocycles. The zero-order chi connectivity index (χ0) is 17.6. The van der Waals surface area contributed by atoms with Gasteiger partial charge in [0.2, 0.25) is 0 Å². The Morgan fingerprint density at radius 3 is 2.56 bits per heavy atom. The van der Waals surface area contributed by atoms with E-state index in [1.807, 2.05) is 29.2 Å². The highest BCUT2D eigenvalue weighted by Crippen LogP contribution is 2.31. The Morgan fingerprint density at radius 1 is 1.08 bits per heavy atom. The van der Waals surface area contributed by atoms with Gasteiger partial charge in [0.1, 0.15) is 5.69 Å². The van der Waals surface area contributed by atoms with E-state index in [0.29, 0.717) is 21.5 Å². The van der Waals surface area contributed by atoms with E-state index in [1.54, 1.807) is 23.9 Å². The summed E-state index contributed by atoms with van der Waals surface area (Å²) in [5.41, 5.74) is 1.40. The summed E-state index contributed by atoms with van der Waals surface area (Å²) in [4.78, 5) is 20.1. The van der Waals surface area contributed by atoms with E-state index >= 15 is 0 Å². The van der Waals surface area contributed by atoms with Crippen molar-refractivity contribution in [2.24, 2.45) is 0 Å². The number of carbonyl (C=O) groups excluding carboxylic acids is 1. The first-order valence-corrected chi connectivity index (χ1v) is 10.2. The van der Waals surface area contributed by atoms with Gasteiger partial charge in [-0.3, -0.25) is 4.79 Å². The number of rotatable bonds is 4. The summed E-state index contributed by atoms with van der Waals surface area (Å²) in [6, 6.07) is 11.1. The average molecular weight is 395 g/mol. The number of hydrogen-bond acceptors (Lipinski definition) is 3. The molecule has 1 saturated heterocycles. The van der Waals surface area contributed by atoms with Gasteiger partial charge >= 0.3 is 0 Å². The van der Waals surface area contributed by atoms with Crippen LogP contribution in [-0.2, 0) is 5.75 Å². The van der Waals surface area contributed by atoms with Crippen molar-refractivity contribution < 1.29 is 4.79 Å². The molecule has 0 N–H and O–H groups in total. The Balaban J connectivity index is 1.67. The number of pyridine rings is 1. The Hall–Kier alpha value is -1.23. The Morgan fingerprint density at radius 2 is 1.84 bits per heavy atom. The first-order chi connectivity index (χ1) is 12.1. The molecule has 3 rings (SSSR count). The molecule has 1 aromatic heterocycles. The van der Waals surface area contributed by atoms with Crippen molar-refractivity contribution in [1.29, 1.82) is 0 Å². The first kappa shape index (κ1) is 18.6. The maximum atomic E-state index is 12.7. The first-order valence-electron chi connectivity index (χ1n) is 8.46. The third kappa shape index (κ3) is 5.13. The van der Waals surface area contributed by atoms with Gasteiger partial charge in [-0.15, -0.1) is 11.8 Å². The molecular weight excluding hydrogens is 375 g/mol. The van der Waals surface area contributed by atoms with E-state index in [4.69, 9.17) is 23.2 Å². The fraction of sp³-hybridized carbons (Fsp3) is 0.368. The summed E-state index contributed by atoms with van der Waals surface area (Å²) in [5, 5.41) is 1.26. The zero-order valence-electron chi connectivity index (χ0n) is 13.9. The van der Waals surface area contributed by atoms with Gasteiger partial charge in [0.25, 0.3) is 5.91 Å². The van der Waals surface area contributed by atoms with Crippen molar-refractivity contribution in [3.8, 4) is 0 Å². The standard InChI is InChI=1S/C19H20Cl2N2OS/c20-14-8-9-18(16(21)12-14)25-13-15-6-5-7-17(22-15)19(24)23-10-3-1-2-4-11-23/h5-9,12H,1-4,10-11,13H2. The van der Waals surface area contributed by atoms with Crippen LogP contribution in [0.25, 0.3) is 0 Å². The van der Waals surface area contributed by atoms with Crippen molar-refractivity contribution in [2.75, 3.05) is 13.1 Å². The third-order valence-electron chi connectivity index (χ3n) is 4.19. The highest BCUT2D eigenvalue weighted by molar-refractivity contribution is 7.98. The summed E-state index contributed by atoms with van der Waals surface area (Å²) >= 11 is 13.7. The van der Waals surface area contributed by atoms with Crippen LogP contribution in [0.1, 0.15) is 41.9 Å². The van der Waals surface area contributed by atoms with E-state index < -0.39 is 0 Å². The second-order valence-corrected chi connectivity index (χ2v) is 7.94. The van der Waals surface area contributed by atoms with Gasteiger partial charge in [0.05, 0.1) is 10.7 Å². The predicted molar refractivity (Wildman–Crippen MR) is 105 cm³/mol. The lowest BCUT2D eigenvalue weighted by Gasteiger charge is -2.19. The van der Waals surface area contributed by atoms with Crippen LogP contribution in [0.5, 0.6) is 0 Å². The fourth-order valence-corrected chi connectivity index (χ4v) is 4.26. The van der Waals surface area contributed by atoms with Gasteiger partial charge in [-0.1, -0.05) is 42.1 Å². The predicted octanol–water partition coefficient (Wildman–Crippen LogP) is 5.70. The minimum atomic E-state index is 0.0401. The summed E-state index contributed by atoms with van der Waals surface area (Å²) in [7, 11) is 0. The quantitative estimate of drug-likeness (QED) is 0.623. The Kier molecular flexibility index (Phi) is 6.63. The second-order valence-electron chi connectivity index (χ2n) is 6.08. The molecule has 1 aliphatic rings. The van der Waals surface area contributed by atoms with E-state index in [-0.39, 0.29) is 5.91 Å². The van der Waals surface area contributed by atoms with Crippen LogP contribution in [0.15, 0.2) is 41.3 Å². The van der Waals surface area contributed by atoms with Crippen LogP contribution in [0.2, 0.25) is 10.0 Å². The molecule has 132 valence electrons. The smallest absolute Gasteiger partial charge is 0.272 e. The second kappa shape index (κ2) is 8.93. The molecule has 2 heterocycles. The number of benzene rings is 1. The molecule has 0 spiro atoms. The maximum absolute atomic E-state index is 12.7. The number of nitrogens with zero attached hydrogens (tertiary/aromatic N) is 2. The number of carbonyl (C=O) groups is 1. The van der Waals surface area contributed by atoms with Crippen LogP contribution in [-0.4, -0.2) is 28.9 Å². The Bertz CT molecular complexity index is 746. The molecule has 0 atom stereocenters. The van der Waals surface area contributed by atoms with Gasteiger partial charge in [0.15, 0.2) is 0 Å². The van der Waals surface area contributed by atoms with Crippen molar-refractivity contribution in [2.45, 2.75) is 36.3 Å². The molecule has 3 nitrogen and oxygen atoms in total. The fourth-order valence-electron chi connectivity index (χ4n) is 2.86. The summed E-state index contributed by atoms with van der Waals surface area (Å²) in [6.07, 6.45) is 4.57. The number of halogens is 2. The maximum Gasteiger partial charge on any atom is 0.272 e. The van der Waals surface area contributed by atoms with Crippen LogP contribution >= 0.6 is 35.0 Å². The number of hydrogen-bond donors (Lipinski definition) is 0. The van der Waals surface area contributed by atoms with Crippen LogP contribution in [0.4, 0.5) is 0 Å². The van der Waals surface area contributed by atoms with Gasteiger partial charge in [-0.05, 0) is 43.2 Å². The number of aromatic nitrogens is 1. The molecule has 6 heteroatoms. The number of amides is 1. The third-order valence-corrected chi connectivity index (χ3v) is 5.96. The molecule has 1 amide bonds. The normalized spacial score (nSPS) is 15.0. The molecule has 1 fully saturated rings. The van der Waals surface area contributed by atoms with Crippen molar-refractivity contribution in [3.63, 3.8) is 0 Å². The molecule has 0 bridgehead atoms. The summed E-state index contributed by atoms with van der Waals surface area (Å²) in [6.45, 7) is 1.67. The van der Waals surface area contributed by atoms with E-state index in [2.05, 4.69) is 4.98 Å². The van der Waals surface area contributed by atoms with Gasteiger partial charge in [-0.25, -0.2) is 4.98 Å². The van der Waals surface area contributed by atoms with Crippen molar-refractivity contribution in [3.05, 3.63) is 57.8 Å². The lowest BCUT2D eigenvalue weighted by atomic mass is 10.2. The van der Waals surface area contributed by atoms with Crippen molar-refractivity contribution >= 4 is 40.9 Å². The summed E-state index contributed by atoms with van der Waals surface area (Å²) in [5.74, 6) is 0.695. The molecule has 2 aromatic rings. The highest BCUT2D eigenvalue weighted by atomic mass is 35.5. The lowest BCUT2D eigenvalue weighted by Crippen LogP contribution is -2.32. The highest BCUT2D eigenvalue weighted by Gasteiger charge is 2.18. The van der Waals surface area contributed by atoms with E-state index in [1.165, 1.54) is 12.8 Å². The lowest BCUT2D eigenvalue weighted by molar-refractivity contribution is 0.0755. The van der Waals surface area contributed by atoms with E-state index in [0.717, 1.165) is 36.5 Å². The van der Waals surface area contributed by atoms with Gasteiger partial charge < -0.3 is 4.90 Å². The number of likely N-dealkylation sites (tertiary alicyclic amines) is 1. The Labute approximate surface area is 162 Å². The zero-order valence-corrected chi connectivity index (χ0v) is 16.2. The summed E-state index contributed by atoms with van der Waals surface area (Å²) < 4.78 is 0. The van der Waals surface area contributed by atoms with Crippen LogP contribution < -0.4 is 0 Å². The average Bonchev–Trinajstić information content (AvgIpc) is 2.90. The molecule has 0 radical (unpaired) electrons. The molecule has 1 aromatic carbocycles. The number of thioether (sulfide) groups is 1.